The molecule has 3 N–H and O–H groups in total. The summed E-state index contributed by atoms with van der Waals surface area (Å²) in [7, 11) is -3.81. The Bertz CT molecular complexity index is 1620. The van der Waals surface area contributed by atoms with Crippen molar-refractivity contribution in [2.24, 2.45) is 5.92 Å². The summed E-state index contributed by atoms with van der Waals surface area (Å²) in [6.07, 6.45) is 10.9. The number of sulfonamides is 1. The van der Waals surface area contributed by atoms with E-state index in [4.69, 9.17) is 4.74 Å². The molecule has 0 radical (unpaired) electrons. The van der Waals surface area contributed by atoms with Crippen LogP contribution in [0.1, 0.15) is 78.6 Å². The molecule has 0 unspecified atom stereocenters. The zero-order valence-electron chi connectivity index (χ0n) is 27.2. The number of carbonyl (C=O) groups is 3. The molecule has 3 amide bonds. The van der Waals surface area contributed by atoms with E-state index in [1.54, 1.807) is 11.1 Å². The monoisotopic (exact) mass is 683 g/mol. The molecule has 3 fully saturated rings. The molecule has 254 valence electrons. The van der Waals surface area contributed by atoms with Crippen LogP contribution in [-0.4, -0.2) is 77.1 Å². The Labute approximate surface area is 281 Å². The van der Waals surface area contributed by atoms with Crippen molar-refractivity contribution >= 4 is 44.2 Å². The maximum Gasteiger partial charge on any atom is 0.259 e. The van der Waals surface area contributed by atoms with Crippen LogP contribution in [0.2, 0.25) is 0 Å². The number of nitrogens with one attached hydrogen (secondary N) is 3. The maximum absolute atomic E-state index is 14.4. The number of rotatable bonds is 7. The zero-order chi connectivity index (χ0) is 33.4. The van der Waals surface area contributed by atoms with Gasteiger partial charge in [0, 0.05) is 25.1 Å². The van der Waals surface area contributed by atoms with Gasteiger partial charge in [-0.25, -0.2) is 13.4 Å². The van der Waals surface area contributed by atoms with Crippen molar-refractivity contribution in [2.75, 3.05) is 11.9 Å². The van der Waals surface area contributed by atoms with Crippen LogP contribution in [0, 0.1) is 5.92 Å². The van der Waals surface area contributed by atoms with Crippen LogP contribution in [0.25, 0.3) is 10.4 Å². The standard InChI is InChI=1S/C34H45N5O6S2/c1-33(2,3)45-24-18-27-29(40)37-34(31(42)38-47(43,44)25-16-17-25)19-23(34)14-10-5-4-6-11-15-26(30(41)39(27)21-24)36-32-35-20-28(46-32)22-12-8-7-9-13-22/h7-10,12-14,20,23-27H,4-6,11,15-19,21H2,1-3H3,(H,35,36)(H,37,40)(H,38,42)/b14-10-/t23-,24-,26+,27+,34-/m1/s1. The van der Waals surface area contributed by atoms with Crippen LogP contribution < -0.4 is 15.4 Å². The first kappa shape index (κ1) is 33.6. The molecule has 5 atom stereocenters. The summed E-state index contributed by atoms with van der Waals surface area (Å²) in [5.74, 6) is -1.76. The minimum Gasteiger partial charge on any atom is -0.371 e. The molecule has 2 aliphatic carbocycles. The number of thiazole rings is 1. The number of fused-ring (bicyclic) bond motifs is 2. The quantitative estimate of drug-likeness (QED) is 0.365. The van der Waals surface area contributed by atoms with Gasteiger partial charge in [-0.2, -0.15) is 0 Å². The normalized spacial score (nSPS) is 29.5. The van der Waals surface area contributed by atoms with Gasteiger partial charge in [-0.3, -0.25) is 19.1 Å². The third-order valence-electron chi connectivity index (χ3n) is 9.22. The first-order valence-corrected chi connectivity index (χ1v) is 19.0. The molecule has 11 nitrogen and oxygen atoms in total. The SMILES string of the molecule is CC(C)(C)O[C@@H]1C[C@H]2C(=O)N[C@]3(C(=O)NS(=O)(=O)C4CC4)C[C@H]3/C=C\CCCCC[C@H](Nc3ncc(-c4ccccc4)s3)C(=O)N2C1. The first-order chi connectivity index (χ1) is 22.3. The van der Waals surface area contributed by atoms with Crippen LogP contribution in [0.15, 0.2) is 48.7 Å². The van der Waals surface area contributed by atoms with Crippen molar-refractivity contribution in [2.45, 2.75) is 113 Å². The van der Waals surface area contributed by atoms with Crippen molar-refractivity contribution in [1.82, 2.24) is 19.9 Å². The number of hydrogen-bond acceptors (Lipinski definition) is 9. The Kier molecular flexibility index (Phi) is 9.52. The molecule has 1 saturated heterocycles. The second-order valence-corrected chi connectivity index (χ2v) is 17.2. The summed E-state index contributed by atoms with van der Waals surface area (Å²) < 4.78 is 34.0. The van der Waals surface area contributed by atoms with Gasteiger partial charge in [0.25, 0.3) is 5.91 Å². The van der Waals surface area contributed by atoms with Gasteiger partial charge in [0.05, 0.1) is 21.8 Å². The number of ether oxygens (including phenoxy) is 1. The highest BCUT2D eigenvalue weighted by molar-refractivity contribution is 7.91. The Morgan fingerprint density at radius 3 is 2.60 bits per heavy atom. The summed E-state index contributed by atoms with van der Waals surface area (Å²) in [5.41, 5.74) is -0.849. The van der Waals surface area contributed by atoms with Gasteiger partial charge in [-0.1, -0.05) is 66.7 Å². The molecule has 2 saturated carbocycles. The number of hydrogen-bond donors (Lipinski definition) is 3. The third-order valence-corrected chi connectivity index (χ3v) is 12.0. The second kappa shape index (κ2) is 13.3. The molecular formula is C34H45N5O6S2. The van der Waals surface area contributed by atoms with E-state index in [1.165, 1.54) is 11.3 Å². The van der Waals surface area contributed by atoms with Crippen molar-refractivity contribution in [3.63, 3.8) is 0 Å². The lowest BCUT2D eigenvalue weighted by Crippen LogP contribution is -2.57. The Balaban J connectivity index is 1.27. The van der Waals surface area contributed by atoms with Crippen molar-refractivity contribution in [3.05, 3.63) is 48.7 Å². The van der Waals surface area contributed by atoms with E-state index in [0.717, 1.165) is 36.1 Å². The fraction of sp³-hybridized carbons (Fsp3) is 0.588. The molecule has 0 spiro atoms. The number of anilines is 1. The van der Waals surface area contributed by atoms with E-state index in [-0.39, 0.29) is 24.8 Å². The molecule has 1 aromatic heterocycles. The van der Waals surface area contributed by atoms with E-state index >= 15 is 0 Å². The van der Waals surface area contributed by atoms with Gasteiger partial charge < -0.3 is 20.3 Å². The lowest BCUT2D eigenvalue weighted by atomic mass is 10.1. The smallest absolute Gasteiger partial charge is 0.259 e. The Morgan fingerprint density at radius 1 is 1.11 bits per heavy atom. The summed E-state index contributed by atoms with van der Waals surface area (Å²) in [4.78, 5) is 49.2. The largest absolute Gasteiger partial charge is 0.371 e. The van der Waals surface area contributed by atoms with Crippen molar-refractivity contribution < 1.29 is 27.5 Å². The van der Waals surface area contributed by atoms with E-state index in [9.17, 15) is 22.8 Å². The molecule has 6 rings (SSSR count). The summed E-state index contributed by atoms with van der Waals surface area (Å²) in [6, 6.07) is 8.42. The highest BCUT2D eigenvalue weighted by Crippen LogP contribution is 2.46. The fourth-order valence-corrected chi connectivity index (χ4v) is 8.81. The molecule has 2 aromatic rings. The predicted octanol–water partition coefficient (Wildman–Crippen LogP) is 4.38. The van der Waals surface area contributed by atoms with Gasteiger partial charge in [0.1, 0.15) is 17.6 Å². The van der Waals surface area contributed by atoms with E-state index < -0.39 is 56.4 Å². The van der Waals surface area contributed by atoms with Gasteiger partial charge in [0.2, 0.25) is 21.8 Å². The van der Waals surface area contributed by atoms with Crippen LogP contribution in [0.4, 0.5) is 5.13 Å². The molecule has 3 heterocycles. The minimum atomic E-state index is -3.81. The molecule has 47 heavy (non-hydrogen) atoms. The number of nitrogens with zero attached hydrogens (tertiary/aromatic N) is 2. The number of carbonyl (C=O) groups excluding carboxylic acids is 3. The summed E-state index contributed by atoms with van der Waals surface area (Å²) in [5, 5.41) is 6.37. The highest BCUT2D eigenvalue weighted by Gasteiger charge is 2.62. The second-order valence-electron chi connectivity index (χ2n) is 14.2. The Hall–Kier alpha value is -3.29. The number of benzene rings is 1. The van der Waals surface area contributed by atoms with Crippen molar-refractivity contribution in [3.8, 4) is 10.4 Å². The van der Waals surface area contributed by atoms with Crippen LogP contribution in [0.3, 0.4) is 0 Å². The van der Waals surface area contributed by atoms with E-state index in [0.29, 0.717) is 30.8 Å². The highest BCUT2D eigenvalue weighted by atomic mass is 32.2. The third kappa shape index (κ3) is 7.89. The Morgan fingerprint density at radius 2 is 1.87 bits per heavy atom. The fourth-order valence-electron chi connectivity index (χ4n) is 6.57. The number of aromatic nitrogens is 1. The lowest BCUT2D eigenvalue weighted by Gasteiger charge is -2.30. The van der Waals surface area contributed by atoms with Crippen LogP contribution in [0.5, 0.6) is 0 Å². The molecule has 0 bridgehead atoms. The summed E-state index contributed by atoms with van der Waals surface area (Å²) in [6.45, 7) is 6.02. The van der Waals surface area contributed by atoms with E-state index in [1.807, 2.05) is 63.3 Å². The molecule has 13 heteroatoms. The van der Waals surface area contributed by atoms with E-state index in [2.05, 4.69) is 20.3 Å². The molecule has 2 aliphatic heterocycles. The number of allylic oxidation sites excluding steroid dienone is 1. The minimum absolute atomic E-state index is 0.220. The van der Waals surface area contributed by atoms with Gasteiger partial charge in [0.15, 0.2) is 5.13 Å². The summed E-state index contributed by atoms with van der Waals surface area (Å²) >= 11 is 1.47. The van der Waals surface area contributed by atoms with Gasteiger partial charge >= 0.3 is 0 Å². The zero-order valence-corrected chi connectivity index (χ0v) is 28.9. The van der Waals surface area contributed by atoms with Gasteiger partial charge in [-0.15, -0.1) is 0 Å². The van der Waals surface area contributed by atoms with Crippen molar-refractivity contribution in [1.29, 1.82) is 0 Å². The lowest BCUT2D eigenvalue weighted by molar-refractivity contribution is -0.140. The maximum atomic E-state index is 14.4. The van der Waals surface area contributed by atoms with Crippen LogP contribution in [-0.2, 0) is 29.1 Å². The molecule has 1 aromatic carbocycles. The van der Waals surface area contributed by atoms with Crippen LogP contribution >= 0.6 is 11.3 Å². The average molecular weight is 684 g/mol. The van der Waals surface area contributed by atoms with Gasteiger partial charge in [-0.05, 0) is 64.9 Å². The first-order valence-electron chi connectivity index (χ1n) is 16.7. The predicted molar refractivity (Wildman–Crippen MR) is 181 cm³/mol. The molecular weight excluding hydrogens is 639 g/mol. The molecule has 4 aliphatic rings. The average Bonchev–Trinajstić information content (AvgIpc) is 3.90. The number of amides is 3. The topological polar surface area (TPSA) is 147 Å².